The molecule has 0 unspecified atom stereocenters. The maximum atomic E-state index is 12.2. The lowest BCUT2D eigenvalue weighted by Crippen LogP contribution is -2.32. The highest BCUT2D eigenvalue weighted by molar-refractivity contribution is 7.88. The van der Waals surface area contributed by atoms with Gasteiger partial charge in [0.05, 0.1) is 12.2 Å². The number of aryl methyl sites for hydroxylation is 1. The normalized spacial score (nSPS) is 11.5. The third kappa shape index (κ3) is 6.61. The minimum Gasteiger partial charge on any atom is -0.352 e. The Bertz CT molecular complexity index is 844. The van der Waals surface area contributed by atoms with Gasteiger partial charge in [0.2, 0.25) is 15.9 Å². The Labute approximate surface area is 155 Å². The fraction of sp³-hybridized carbons (Fsp3) is 0.350. The quantitative estimate of drug-likeness (QED) is 0.746. The summed E-state index contributed by atoms with van der Waals surface area (Å²) in [6, 6.07) is 14.9. The summed E-state index contributed by atoms with van der Waals surface area (Å²) < 4.78 is 26.9. The standard InChI is InChI=1S/C20H26N2O3S/c1-15(2)22-26(24,25)14-19-7-5-4-6-18(19)13-21-20(23)12-17-10-8-16(3)9-11-17/h4-11,15,22H,12-14H2,1-3H3,(H,21,23). The van der Waals surface area contributed by atoms with E-state index in [0.717, 1.165) is 16.7 Å². The zero-order valence-electron chi connectivity index (χ0n) is 15.5. The Kier molecular flexibility index (Phi) is 6.94. The van der Waals surface area contributed by atoms with Crippen LogP contribution in [0.25, 0.3) is 0 Å². The molecule has 0 spiro atoms. The second-order valence-electron chi connectivity index (χ2n) is 6.74. The number of hydrogen-bond donors (Lipinski definition) is 2. The van der Waals surface area contributed by atoms with Gasteiger partial charge < -0.3 is 5.32 Å². The zero-order valence-corrected chi connectivity index (χ0v) is 16.3. The molecule has 0 radical (unpaired) electrons. The van der Waals surface area contributed by atoms with Crippen LogP contribution in [0.3, 0.4) is 0 Å². The molecule has 1 amide bonds. The highest BCUT2D eigenvalue weighted by Gasteiger charge is 2.15. The van der Waals surface area contributed by atoms with Crippen molar-refractivity contribution in [1.29, 1.82) is 0 Å². The van der Waals surface area contributed by atoms with Gasteiger partial charge in [-0.1, -0.05) is 54.1 Å². The molecule has 2 aromatic rings. The number of hydrogen-bond acceptors (Lipinski definition) is 3. The van der Waals surface area contributed by atoms with E-state index in [4.69, 9.17) is 0 Å². The number of carbonyl (C=O) groups is 1. The van der Waals surface area contributed by atoms with Crippen molar-refractivity contribution < 1.29 is 13.2 Å². The van der Waals surface area contributed by atoms with Gasteiger partial charge in [0, 0.05) is 12.6 Å². The Morgan fingerprint density at radius 2 is 1.62 bits per heavy atom. The molecule has 2 aromatic carbocycles. The lowest BCUT2D eigenvalue weighted by molar-refractivity contribution is -0.120. The molecule has 0 bridgehead atoms. The summed E-state index contributed by atoms with van der Waals surface area (Å²) in [5.74, 6) is -0.193. The average Bonchev–Trinajstić information content (AvgIpc) is 2.54. The highest BCUT2D eigenvalue weighted by atomic mass is 32.2. The van der Waals surface area contributed by atoms with Crippen molar-refractivity contribution >= 4 is 15.9 Å². The second-order valence-corrected chi connectivity index (χ2v) is 8.49. The number of amides is 1. The second kappa shape index (κ2) is 8.96. The molecule has 0 saturated carbocycles. The van der Waals surface area contributed by atoms with Gasteiger partial charge in [-0.15, -0.1) is 0 Å². The van der Waals surface area contributed by atoms with E-state index in [-0.39, 0.29) is 17.7 Å². The minimum absolute atomic E-state index is 0.0909. The molecule has 26 heavy (non-hydrogen) atoms. The number of carbonyl (C=O) groups excluding carboxylic acids is 1. The smallest absolute Gasteiger partial charge is 0.224 e. The summed E-state index contributed by atoms with van der Waals surface area (Å²) in [7, 11) is -3.41. The molecule has 5 nitrogen and oxygen atoms in total. The van der Waals surface area contributed by atoms with Gasteiger partial charge in [-0.2, -0.15) is 0 Å². The number of nitrogens with one attached hydrogen (secondary N) is 2. The van der Waals surface area contributed by atoms with Crippen molar-refractivity contribution in [2.75, 3.05) is 0 Å². The molecule has 0 fully saturated rings. The first kappa shape index (κ1) is 20.1. The summed E-state index contributed by atoms with van der Waals surface area (Å²) in [5.41, 5.74) is 3.60. The van der Waals surface area contributed by atoms with Crippen molar-refractivity contribution in [1.82, 2.24) is 10.0 Å². The van der Waals surface area contributed by atoms with Crippen molar-refractivity contribution in [2.45, 2.75) is 45.5 Å². The fourth-order valence-electron chi connectivity index (χ4n) is 2.62. The van der Waals surface area contributed by atoms with Gasteiger partial charge in [0.1, 0.15) is 0 Å². The van der Waals surface area contributed by atoms with E-state index in [0.29, 0.717) is 18.5 Å². The molecule has 0 aliphatic heterocycles. The zero-order chi connectivity index (χ0) is 19.2. The third-order valence-corrected chi connectivity index (χ3v) is 5.36. The number of benzene rings is 2. The van der Waals surface area contributed by atoms with E-state index in [9.17, 15) is 13.2 Å². The van der Waals surface area contributed by atoms with Crippen molar-refractivity contribution in [3.8, 4) is 0 Å². The van der Waals surface area contributed by atoms with Crippen LogP contribution in [-0.2, 0) is 33.5 Å². The molecule has 0 heterocycles. The van der Waals surface area contributed by atoms with Crippen molar-refractivity contribution in [3.05, 3.63) is 70.8 Å². The lowest BCUT2D eigenvalue weighted by Gasteiger charge is -2.13. The largest absolute Gasteiger partial charge is 0.352 e. The lowest BCUT2D eigenvalue weighted by atomic mass is 10.1. The topological polar surface area (TPSA) is 75.3 Å². The van der Waals surface area contributed by atoms with Crippen molar-refractivity contribution in [3.63, 3.8) is 0 Å². The van der Waals surface area contributed by atoms with Crippen LogP contribution >= 0.6 is 0 Å². The van der Waals surface area contributed by atoms with Crippen molar-refractivity contribution in [2.24, 2.45) is 0 Å². The van der Waals surface area contributed by atoms with Crippen LogP contribution in [0.2, 0.25) is 0 Å². The average molecular weight is 375 g/mol. The van der Waals surface area contributed by atoms with Crippen LogP contribution < -0.4 is 10.0 Å². The maximum Gasteiger partial charge on any atom is 0.224 e. The van der Waals surface area contributed by atoms with Gasteiger partial charge in [-0.25, -0.2) is 13.1 Å². The minimum atomic E-state index is -3.41. The Hall–Kier alpha value is -2.18. The molecule has 0 aliphatic carbocycles. The summed E-state index contributed by atoms with van der Waals surface area (Å²) in [6.45, 7) is 5.88. The number of sulfonamides is 1. The van der Waals surface area contributed by atoms with E-state index in [1.165, 1.54) is 0 Å². The van der Waals surface area contributed by atoms with Crippen LogP contribution in [0.15, 0.2) is 48.5 Å². The predicted molar refractivity (Wildman–Crippen MR) is 104 cm³/mol. The van der Waals surface area contributed by atoms with Crippen LogP contribution in [-0.4, -0.2) is 20.4 Å². The molecule has 6 heteroatoms. The van der Waals surface area contributed by atoms with Gasteiger partial charge in [0.15, 0.2) is 0 Å². The molecular formula is C20H26N2O3S. The Morgan fingerprint density at radius 3 is 2.23 bits per heavy atom. The Balaban J connectivity index is 1.99. The van der Waals surface area contributed by atoms with E-state index < -0.39 is 10.0 Å². The first-order valence-electron chi connectivity index (χ1n) is 8.64. The molecule has 0 atom stereocenters. The summed E-state index contributed by atoms with van der Waals surface area (Å²) in [5, 5.41) is 2.87. The number of rotatable bonds is 8. The third-order valence-electron chi connectivity index (χ3n) is 3.84. The maximum absolute atomic E-state index is 12.2. The van der Waals surface area contributed by atoms with Gasteiger partial charge >= 0.3 is 0 Å². The van der Waals surface area contributed by atoms with Crippen LogP contribution in [0.1, 0.15) is 36.1 Å². The van der Waals surface area contributed by atoms with Crippen LogP contribution in [0, 0.1) is 6.92 Å². The first-order chi connectivity index (χ1) is 12.2. The van der Waals surface area contributed by atoms with Gasteiger partial charge in [-0.3, -0.25) is 4.79 Å². The van der Waals surface area contributed by atoms with E-state index in [2.05, 4.69) is 10.0 Å². The van der Waals surface area contributed by atoms with E-state index >= 15 is 0 Å². The van der Waals surface area contributed by atoms with Crippen LogP contribution in [0.5, 0.6) is 0 Å². The summed E-state index contributed by atoms with van der Waals surface area (Å²) >= 11 is 0. The van der Waals surface area contributed by atoms with Crippen LogP contribution in [0.4, 0.5) is 0 Å². The summed E-state index contributed by atoms with van der Waals surface area (Å²) in [6.07, 6.45) is 0.301. The monoisotopic (exact) mass is 374 g/mol. The molecule has 140 valence electrons. The fourth-order valence-corrected chi connectivity index (χ4v) is 4.12. The van der Waals surface area contributed by atoms with E-state index in [1.54, 1.807) is 26.0 Å². The first-order valence-corrected chi connectivity index (χ1v) is 10.3. The van der Waals surface area contributed by atoms with Gasteiger partial charge in [0.25, 0.3) is 0 Å². The SMILES string of the molecule is Cc1ccc(CC(=O)NCc2ccccc2CS(=O)(=O)NC(C)C)cc1. The Morgan fingerprint density at radius 1 is 1.00 bits per heavy atom. The van der Waals surface area contributed by atoms with Gasteiger partial charge in [-0.05, 0) is 37.5 Å². The predicted octanol–water partition coefficient (Wildman–Crippen LogP) is 2.68. The molecule has 0 saturated heterocycles. The molecule has 0 aromatic heterocycles. The molecule has 2 rings (SSSR count). The molecular weight excluding hydrogens is 348 g/mol. The summed E-state index contributed by atoms with van der Waals surface area (Å²) in [4.78, 5) is 12.2. The highest BCUT2D eigenvalue weighted by Crippen LogP contribution is 2.13. The van der Waals surface area contributed by atoms with E-state index in [1.807, 2.05) is 43.3 Å². The molecule has 2 N–H and O–H groups in total. The molecule has 0 aliphatic rings.